The molecule has 0 aliphatic carbocycles. The van der Waals surface area contributed by atoms with Gasteiger partial charge in [-0.2, -0.15) is 0 Å². The second-order valence-electron chi connectivity index (χ2n) is 9.67. The van der Waals surface area contributed by atoms with Crippen LogP contribution in [0.4, 0.5) is 0 Å². The molecule has 40 heavy (non-hydrogen) atoms. The topological polar surface area (TPSA) is 97.2 Å². The van der Waals surface area contributed by atoms with E-state index in [9.17, 15) is 14.7 Å². The number of aromatic nitrogens is 3. The lowest BCUT2D eigenvalue weighted by atomic mass is 9.92. The summed E-state index contributed by atoms with van der Waals surface area (Å²) >= 11 is 5.89. The number of hydrogen-bond acceptors (Lipinski definition) is 4. The number of fused-ring (bicyclic) bond motifs is 1. The Morgan fingerprint density at radius 1 is 1.07 bits per heavy atom. The van der Waals surface area contributed by atoms with Crippen molar-refractivity contribution in [1.29, 1.82) is 0 Å². The molecule has 0 unspecified atom stereocenters. The molecule has 0 bridgehead atoms. The molecule has 0 saturated heterocycles. The van der Waals surface area contributed by atoms with Crippen LogP contribution in [0, 0.1) is 20.8 Å². The highest BCUT2D eigenvalue weighted by Crippen LogP contribution is 2.31. The van der Waals surface area contributed by atoms with Gasteiger partial charge in [0.1, 0.15) is 5.75 Å². The predicted molar refractivity (Wildman–Crippen MR) is 158 cm³/mol. The Bertz CT molecular complexity index is 1650. The zero-order valence-electron chi connectivity index (χ0n) is 23.2. The van der Waals surface area contributed by atoms with Crippen molar-refractivity contribution in [3.63, 3.8) is 0 Å². The van der Waals surface area contributed by atoms with E-state index >= 15 is 0 Å². The molecule has 7 nitrogen and oxygen atoms in total. The minimum Gasteiger partial charge on any atom is -0.497 e. The van der Waals surface area contributed by atoms with E-state index in [1.807, 2.05) is 6.20 Å². The lowest BCUT2D eigenvalue weighted by molar-refractivity contribution is -0.136. The summed E-state index contributed by atoms with van der Waals surface area (Å²) in [5, 5.41) is 10.5. The Labute approximate surface area is 238 Å². The summed E-state index contributed by atoms with van der Waals surface area (Å²) in [6, 6.07) is 18.3. The molecular weight excluding hydrogens is 526 g/mol. The standard InChI is InChI=1S/C19H16ClNO4.C13H16N2/c1-11-15(10-18(22)23)16-9-14(25-2)7-8-17(16)21(11)19(24)12-3-5-13(20)6-4-12;1-9-5-4-6-12(10(9)2)11(3)13-7-14-8-15-13/h3-9H,10H2,1-2H3,(H,22,23);4-8,11H,1-3H3,(H,14,15)/t;11-/m.0/s1. The zero-order valence-corrected chi connectivity index (χ0v) is 23.9. The summed E-state index contributed by atoms with van der Waals surface area (Å²) in [7, 11) is 1.54. The largest absolute Gasteiger partial charge is 0.497 e. The van der Waals surface area contributed by atoms with Gasteiger partial charge in [0.15, 0.2) is 0 Å². The van der Waals surface area contributed by atoms with Crippen molar-refractivity contribution in [3.05, 3.63) is 117 Å². The molecule has 5 aromatic rings. The van der Waals surface area contributed by atoms with Crippen LogP contribution in [0.1, 0.15) is 56.8 Å². The van der Waals surface area contributed by atoms with Crippen molar-refractivity contribution in [3.8, 4) is 5.75 Å². The Balaban J connectivity index is 0.000000210. The normalized spacial score (nSPS) is 11.6. The van der Waals surface area contributed by atoms with Gasteiger partial charge in [-0.05, 0) is 85.5 Å². The van der Waals surface area contributed by atoms with Gasteiger partial charge in [-0.3, -0.25) is 14.2 Å². The smallest absolute Gasteiger partial charge is 0.307 e. The molecule has 2 heterocycles. The molecule has 3 aromatic carbocycles. The highest BCUT2D eigenvalue weighted by molar-refractivity contribution is 6.30. The van der Waals surface area contributed by atoms with Crippen molar-refractivity contribution in [2.24, 2.45) is 0 Å². The number of aromatic amines is 1. The molecule has 206 valence electrons. The number of aliphatic carboxylic acids is 1. The highest BCUT2D eigenvalue weighted by atomic mass is 35.5. The highest BCUT2D eigenvalue weighted by Gasteiger charge is 2.22. The van der Waals surface area contributed by atoms with Crippen molar-refractivity contribution in [2.75, 3.05) is 7.11 Å². The van der Waals surface area contributed by atoms with E-state index in [-0.39, 0.29) is 12.3 Å². The summed E-state index contributed by atoms with van der Waals surface area (Å²) in [4.78, 5) is 31.6. The molecule has 0 fully saturated rings. The number of ether oxygens (including phenoxy) is 1. The number of nitrogens with zero attached hydrogens (tertiary/aromatic N) is 2. The van der Waals surface area contributed by atoms with Crippen LogP contribution in [0.3, 0.4) is 0 Å². The molecule has 2 aromatic heterocycles. The second kappa shape index (κ2) is 12.2. The summed E-state index contributed by atoms with van der Waals surface area (Å²) in [5.41, 5.74) is 7.50. The number of H-pyrrole nitrogens is 1. The molecular formula is C32H32ClN3O4. The van der Waals surface area contributed by atoms with E-state index in [0.717, 1.165) is 5.69 Å². The fourth-order valence-electron chi connectivity index (χ4n) is 4.86. The van der Waals surface area contributed by atoms with E-state index in [1.165, 1.54) is 21.3 Å². The number of carboxylic acid groups (broad SMARTS) is 1. The molecule has 2 N–H and O–H groups in total. The maximum absolute atomic E-state index is 13.0. The Hall–Kier alpha value is -4.36. The van der Waals surface area contributed by atoms with Gasteiger partial charge in [0.2, 0.25) is 0 Å². The summed E-state index contributed by atoms with van der Waals surface area (Å²) in [6.45, 7) is 8.26. The van der Waals surface area contributed by atoms with Gasteiger partial charge in [-0.15, -0.1) is 0 Å². The molecule has 8 heteroatoms. The van der Waals surface area contributed by atoms with Gasteiger partial charge in [-0.1, -0.05) is 36.7 Å². The van der Waals surface area contributed by atoms with Crippen LogP contribution in [0.15, 0.2) is 73.2 Å². The maximum Gasteiger partial charge on any atom is 0.307 e. The average molecular weight is 558 g/mol. The van der Waals surface area contributed by atoms with Gasteiger partial charge < -0.3 is 14.8 Å². The third kappa shape index (κ3) is 5.95. The number of imidazole rings is 1. The zero-order chi connectivity index (χ0) is 29.0. The van der Waals surface area contributed by atoms with Crippen LogP contribution < -0.4 is 4.74 Å². The molecule has 0 aliphatic heterocycles. The SMILES string of the molecule is COc1ccc2c(c1)c(CC(=O)O)c(C)n2C(=O)c1ccc(Cl)cc1.Cc1cccc([C@H](C)c2c[nH]cn2)c1C. The van der Waals surface area contributed by atoms with E-state index in [0.29, 0.717) is 44.4 Å². The predicted octanol–water partition coefficient (Wildman–Crippen LogP) is 7.11. The van der Waals surface area contributed by atoms with Gasteiger partial charge in [0, 0.05) is 33.8 Å². The van der Waals surface area contributed by atoms with Crippen molar-refractivity contribution < 1.29 is 19.4 Å². The monoisotopic (exact) mass is 557 g/mol. The number of carboxylic acids is 1. The van der Waals surface area contributed by atoms with Crippen LogP contribution in [0.25, 0.3) is 10.9 Å². The number of aryl methyl sites for hydroxylation is 1. The molecule has 0 amide bonds. The van der Waals surface area contributed by atoms with Crippen LogP contribution in [-0.2, 0) is 11.2 Å². The van der Waals surface area contributed by atoms with Crippen molar-refractivity contribution in [2.45, 2.75) is 40.0 Å². The third-order valence-electron chi connectivity index (χ3n) is 7.24. The Morgan fingerprint density at radius 3 is 2.42 bits per heavy atom. The quantitative estimate of drug-likeness (QED) is 0.232. The molecule has 1 atom stereocenters. The van der Waals surface area contributed by atoms with Gasteiger partial charge in [0.25, 0.3) is 5.91 Å². The molecule has 0 aliphatic rings. The number of benzene rings is 3. The van der Waals surface area contributed by atoms with E-state index in [2.05, 4.69) is 48.9 Å². The van der Waals surface area contributed by atoms with Crippen LogP contribution in [-0.4, -0.2) is 38.6 Å². The third-order valence-corrected chi connectivity index (χ3v) is 7.49. The fraction of sp³-hybridized carbons (Fsp3) is 0.219. The lowest BCUT2D eigenvalue weighted by Crippen LogP contribution is -2.14. The number of rotatable bonds is 6. The first-order valence-corrected chi connectivity index (χ1v) is 13.2. The number of hydrogen-bond donors (Lipinski definition) is 2. The van der Waals surface area contributed by atoms with Gasteiger partial charge >= 0.3 is 5.97 Å². The summed E-state index contributed by atoms with van der Waals surface area (Å²) in [6.07, 6.45) is 3.53. The molecule has 0 saturated carbocycles. The number of carbonyl (C=O) groups is 2. The second-order valence-corrected chi connectivity index (χ2v) is 10.1. The Morgan fingerprint density at radius 2 is 1.80 bits per heavy atom. The Kier molecular flexibility index (Phi) is 8.75. The minimum atomic E-state index is -0.955. The lowest BCUT2D eigenvalue weighted by Gasteiger charge is -2.14. The van der Waals surface area contributed by atoms with Crippen LogP contribution in [0.5, 0.6) is 5.75 Å². The summed E-state index contributed by atoms with van der Waals surface area (Å²) in [5.74, 6) is -0.226. The van der Waals surface area contributed by atoms with Gasteiger partial charge in [-0.25, -0.2) is 4.98 Å². The fourth-order valence-corrected chi connectivity index (χ4v) is 4.98. The van der Waals surface area contributed by atoms with Crippen LogP contribution in [0.2, 0.25) is 5.02 Å². The number of nitrogens with one attached hydrogen (secondary N) is 1. The minimum absolute atomic E-state index is 0.170. The number of methoxy groups -OCH3 is 1. The summed E-state index contributed by atoms with van der Waals surface area (Å²) < 4.78 is 6.77. The maximum atomic E-state index is 13.0. The van der Waals surface area contributed by atoms with E-state index < -0.39 is 5.97 Å². The first-order valence-electron chi connectivity index (χ1n) is 12.9. The number of halogens is 1. The van der Waals surface area contributed by atoms with E-state index in [4.69, 9.17) is 16.3 Å². The molecule has 5 rings (SSSR count). The van der Waals surface area contributed by atoms with E-state index in [1.54, 1.807) is 62.8 Å². The van der Waals surface area contributed by atoms with Crippen molar-refractivity contribution in [1.82, 2.24) is 14.5 Å². The molecule has 0 spiro atoms. The van der Waals surface area contributed by atoms with Crippen LogP contribution >= 0.6 is 11.6 Å². The molecule has 0 radical (unpaired) electrons. The first kappa shape index (κ1) is 28.6. The van der Waals surface area contributed by atoms with Gasteiger partial charge in [0.05, 0.1) is 31.1 Å². The first-order chi connectivity index (χ1) is 19.1. The number of carbonyl (C=O) groups excluding carboxylic acids is 1. The van der Waals surface area contributed by atoms with Crippen molar-refractivity contribution >= 4 is 34.4 Å². The average Bonchev–Trinajstić information content (AvgIpc) is 3.57.